The Morgan fingerprint density at radius 2 is 2.21 bits per heavy atom. The summed E-state index contributed by atoms with van der Waals surface area (Å²) in [6.07, 6.45) is 3.37. The summed E-state index contributed by atoms with van der Waals surface area (Å²) in [6, 6.07) is 1.60. The van der Waals surface area contributed by atoms with Crippen molar-refractivity contribution in [3.8, 4) is 0 Å². The number of carboxylic acid groups (broad SMARTS) is 1. The van der Waals surface area contributed by atoms with Crippen LogP contribution in [-0.4, -0.2) is 40.1 Å². The summed E-state index contributed by atoms with van der Waals surface area (Å²) >= 11 is 0. The number of nitrogens with zero attached hydrogens (tertiary/aromatic N) is 2. The molecule has 1 rings (SSSR count). The van der Waals surface area contributed by atoms with Gasteiger partial charge < -0.3 is 15.3 Å². The fourth-order valence-electron chi connectivity index (χ4n) is 1.62. The quantitative estimate of drug-likeness (QED) is 0.814. The van der Waals surface area contributed by atoms with Crippen molar-refractivity contribution in [1.29, 1.82) is 0 Å². The third kappa shape index (κ3) is 4.95. The molecule has 2 N–H and O–H groups in total. The summed E-state index contributed by atoms with van der Waals surface area (Å²) in [6.45, 7) is 4.85. The number of aliphatic carboxylic acids is 1. The van der Waals surface area contributed by atoms with E-state index in [-0.39, 0.29) is 19.0 Å². The van der Waals surface area contributed by atoms with Crippen molar-refractivity contribution in [2.24, 2.45) is 0 Å². The smallest absolute Gasteiger partial charge is 0.317 e. The lowest BCUT2D eigenvalue weighted by molar-refractivity contribution is -0.137. The van der Waals surface area contributed by atoms with Crippen LogP contribution in [-0.2, 0) is 11.3 Å². The second kappa shape index (κ2) is 7.35. The van der Waals surface area contributed by atoms with Gasteiger partial charge >= 0.3 is 12.0 Å². The number of aryl methyl sites for hydroxylation is 1. The lowest BCUT2D eigenvalue weighted by Crippen LogP contribution is -2.40. The summed E-state index contributed by atoms with van der Waals surface area (Å²) in [5.74, 6) is -0.906. The molecule has 0 aromatic carbocycles. The van der Waals surface area contributed by atoms with Crippen LogP contribution >= 0.6 is 0 Å². The third-order valence-electron chi connectivity index (χ3n) is 2.83. The van der Waals surface area contributed by atoms with E-state index in [0.717, 1.165) is 11.1 Å². The summed E-state index contributed by atoms with van der Waals surface area (Å²) in [7, 11) is 0. The van der Waals surface area contributed by atoms with Crippen molar-refractivity contribution < 1.29 is 14.7 Å². The Kier molecular flexibility index (Phi) is 5.78. The molecule has 0 fully saturated rings. The fraction of sp³-hybridized carbons (Fsp3) is 0.462. The number of carbonyl (C=O) groups excluding carboxylic acids is 1. The molecule has 0 aliphatic rings. The van der Waals surface area contributed by atoms with Gasteiger partial charge in [0.1, 0.15) is 0 Å². The lowest BCUT2D eigenvalue weighted by atomic mass is 10.1. The van der Waals surface area contributed by atoms with Crippen LogP contribution in [0.5, 0.6) is 0 Å². The van der Waals surface area contributed by atoms with Gasteiger partial charge in [0.05, 0.1) is 6.42 Å². The maximum Gasteiger partial charge on any atom is 0.317 e. The van der Waals surface area contributed by atoms with Gasteiger partial charge in [-0.2, -0.15) is 0 Å². The van der Waals surface area contributed by atoms with Crippen molar-refractivity contribution in [3.05, 3.63) is 29.6 Å². The van der Waals surface area contributed by atoms with E-state index in [1.54, 1.807) is 12.4 Å². The molecule has 6 nitrogen and oxygen atoms in total. The highest BCUT2D eigenvalue weighted by Gasteiger charge is 2.12. The number of urea groups is 1. The van der Waals surface area contributed by atoms with Crippen LogP contribution in [0.1, 0.15) is 24.5 Å². The highest BCUT2D eigenvalue weighted by atomic mass is 16.4. The average molecular weight is 265 g/mol. The van der Waals surface area contributed by atoms with E-state index in [1.165, 1.54) is 4.90 Å². The average Bonchev–Trinajstić information content (AvgIpc) is 2.38. The van der Waals surface area contributed by atoms with Crippen molar-refractivity contribution in [3.63, 3.8) is 0 Å². The van der Waals surface area contributed by atoms with Crippen molar-refractivity contribution >= 4 is 12.0 Å². The van der Waals surface area contributed by atoms with Gasteiger partial charge in [-0.05, 0) is 31.0 Å². The number of aromatic nitrogens is 1. The predicted octanol–water partition coefficient (Wildman–Crippen LogP) is 1.40. The minimum Gasteiger partial charge on any atom is -0.481 e. The first kappa shape index (κ1) is 14.9. The number of hydrogen-bond donors (Lipinski definition) is 2. The second-order valence-electron chi connectivity index (χ2n) is 4.18. The topological polar surface area (TPSA) is 82.5 Å². The zero-order chi connectivity index (χ0) is 14.3. The van der Waals surface area contributed by atoms with Gasteiger partial charge in [0.2, 0.25) is 0 Å². The maximum absolute atomic E-state index is 11.9. The number of hydrogen-bond acceptors (Lipinski definition) is 3. The monoisotopic (exact) mass is 265 g/mol. The SMILES string of the molecule is CCN(CCC(=O)O)C(=O)NCc1ccncc1C. The van der Waals surface area contributed by atoms with Crippen LogP contribution in [0.2, 0.25) is 0 Å². The van der Waals surface area contributed by atoms with Crippen LogP contribution in [0.4, 0.5) is 4.79 Å². The van der Waals surface area contributed by atoms with Gasteiger partial charge in [-0.15, -0.1) is 0 Å². The highest BCUT2D eigenvalue weighted by molar-refractivity contribution is 5.75. The number of pyridine rings is 1. The van der Waals surface area contributed by atoms with Gasteiger partial charge in [0.25, 0.3) is 0 Å². The van der Waals surface area contributed by atoms with E-state index in [2.05, 4.69) is 10.3 Å². The predicted molar refractivity (Wildman–Crippen MR) is 70.7 cm³/mol. The molecule has 1 heterocycles. The van der Waals surface area contributed by atoms with Crippen LogP contribution in [0.25, 0.3) is 0 Å². The van der Waals surface area contributed by atoms with Gasteiger partial charge in [-0.1, -0.05) is 0 Å². The van der Waals surface area contributed by atoms with Gasteiger partial charge in [-0.25, -0.2) is 4.79 Å². The van der Waals surface area contributed by atoms with E-state index in [9.17, 15) is 9.59 Å². The van der Waals surface area contributed by atoms with E-state index >= 15 is 0 Å². The summed E-state index contributed by atoms with van der Waals surface area (Å²) in [5.41, 5.74) is 2.01. The Labute approximate surface area is 112 Å². The summed E-state index contributed by atoms with van der Waals surface area (Å²) < 4.78 is 0. The Morgan fingerprint density at radius 1 is 1.47 bits per heavy atom. The molecule has 0 aliphatic heterocycles. The number of amides is 2. The molecule has 1 aromatic heterocycles. The van der Waals surface area contributed by atoms with Crippen LogP contribution in [0.15, 0.2) is 18.5 Å². The number of carbonyl (C=O) groups is 2. The molecule has 0 bridgehead atoms. The number of nitrogens with one attached hydrogen (secondary N) is 1. The molecular weight excluding hydrogens is 246 g/mol. The summed E-state index contributed by atoms with van der Waals surface area (Å²) in [4.78, 5) is 27.8. The zero-order valence-corrected chi connectivity index (χ0v) is 11.2. The Morgan fingerprint density at radius 3 is 2.79 bits per heavy atom. The van der Waals surface area contributed by atoms with Gasteiger partial charge in [0, 0.05) is 32.0 Å². The van der Waals surface area contributed by atoms with Crippen molar-refractivity contribution in [2.75, 3.05) is 13.1 Å². The molecular formula is C13H19N3O3. The standard InChI is InChI=1S/C13H19N3O3/c1-3-16(7-5-12(17)18)13(19)15-9-11-4-6-14-8-10(11)2/h4,6,8H,3,5,7,9H2,1-2H3,(H,15,19)(H,17,18). The maximum atomic E-state index is 11.9. The fourth-order valence-corrected chi connectivity index (χ4v) is 1.62. The van der Waals surface area contributed by atoms with E-state index < -0.39 is 5.97 Å². The van der Waals surface area contributed by atoms with Crippen LogP contribution in [0.3, 0.4) is 0 Å². The first-order valence-corrected chi connectivity index (χ1v) is 6.18. The van der Waals surface area contributed by atoms with Crippen molar-refractivity contribution in [2.45, 2.75) is 26.8 Å². The van der Waals surface area contributed by atoms with E-state index in [4.69, 9.17) is 5.11 Å². The number of rotatable bonds is 6. The molecule has 0 aliphatic carbocycles. The largest absolute Gasteiger partial charge is 0.481 e. The normalized spacial score (nSPS) is 10.0. The number of carboxylic acids is 1. The minimum atomic E-state index is -0.906. The Balaban J connectivity index is 2.49. The van der Waals surface area contributed by atoms with E-state index in [0.29, 0.717) is 13.1 Å². The van der Waals surface area contributed by atoms with Gasteiger partial charge in [-0.3, -0.25) is 9.78 Å². The third-order valence-corrected chi connectivity index (χ3v) is 2.83. The second-order valence-corrected chi connectivity index (χ2v) is 4.18. The first-order chi connectivity index (χ1) is 9.04. The van der Waals surface area contributed by atoms with E-state index in [1.807, 2.05) is 19.9 Å². The molecule has 6 heteroatoms. The van der Waals surface area contributed by atoms with Gasteiger partial charge in [0.15, 0.2) is 0 Å². The molecule has 104 valence electrons. The molecule has 0 atom stereocenters. The Bertz CT molecular complexity index is 449. The zero-order valence-electron chi connectivity index (χ0n) is 11.2. The molecule has 19 heavy (non-hydrogen) atoms. The minimum absolute atomic E-state index is 0.0461. The van der Waals surface area contributed by atoms with Crippen LogP contribution in [0, 0.1) is 6.92 Å². The lowest BCUT2D eigenvalue weighted by Gasteiger charge is -2.20. The van der Waals surface area contributed by atoms with Crippen molar-refractivity contribution in [1.82, 2.24) is 15.2 Å². The first-order valence-electron chi connectivity index (χ1n) is 6.18. The molecule has 0 unspecified atom stereocenters. The highest BCUT2D eigenvalue weighted by Crippen LogP contribution is 2.04. The molecule has 0 spiro atoms. The molecule has 0 saturated carbocycles. The van der Waals surface area contributed by atoms with Crippen LogP contribution < -0.4 is 5.32 Å². The summed E-state index contributed by atoms with van der Waals surface area (Å²) in [5, 5.41) is 11.4. The Hall–Kier alpha value is -2.11. The molecule has 0 radical (unpaired) electrons. The molecule has 0 saturated heterocycles. The molecule has 1 aromatic rings. The molecule has 2 amide bonds.